The van der Waals surface area contributed by atoms with Crippen LogP contribution in [0.5, 0.6) is 0 Å². The number of nitrogens with two attached hydrogens (primary N) is 1. The minimum atomic E-state index is -0.0273. The first-order valence-electron chi connectivity index (χ1n) is 6.08. The Morgan fingerprint density at radius 3 is 2.63 bits per heavy atom. The molecule has 0 spiro atoms. The van der Waals surface area contributed by atoms with E-state index in [1.54, 1.807) is 11.3 Å². The first-order chi connectivity index (χ1) is 9.24. The standard InChI is InChI=1S/C15H13ClN2S/c16-11-7-4-8-13-15(11)19-14(18-13)9-12(17)10-5-2-1-3-6-10/h1-8,12H,9,17H2. The molecular formula is C15H13ClN2S. The summed E-state index contributed by atoms with van der Waals surface area (Å²) in [6.45, 7) is 0. The molecule has 0 saturated heterocycles. The van der Waals surface area contributed by atoms with Gasteiger partial charge >= 0.3 is 0 Å². The Kier molecular flexibility index (Phi) is 3.51. The van der Waals surface area contributed by atoms with Crippen molar-refractivity contribution in [1.29, 1.82) is 0 Å². The van der Waals surface area contributed by atoms with Crippen molar-refractivity contribution in [2.75, 3.05) is 0 Å². The molecule has 1 unspecified atom stereocenters. The van der Waals surface area contributed by atoms with E-state index in [9.17, 15) is 0 Å². The first-order valence-corrected chi connectivity index (χ1v) is 7.28. The fourth-order valence-electron chi connectivity index (χ4n) is 2.06. The van der Waals surface area contributed by atoms with E-state index < -0.39 is 0 Å². The average molecular weight is 289 g/mol. The van der Waals surface area contributed by atoms with Gasteiger partial charge in [0, 0.05) is 12.5 Å². The molecule has 2 N–H and O–H groups in total. The summed E-state index contributed by atoms with van der Waals surface area (Å²) in [5.74, 6) is 0. The number of rotatable bonds is 3. The van der Waals surface area contributed by atoms with Crippen LogP contribution in [-0.4, -0.2) is 4.98 Å². The van der Waals surface area contributed by atoms with Crippen molar-refractivity contribution >= 4 is 33.2 Å². The Morgan fingerprint density at radius 1 is 1.11 bits per heavy atom. The van der Waals surface area contributed by atoms with Gasteiger partial charge < -0.3 is 5.73 Å². The molecule has 0 fully saturated rings. The maximum absolute atomic E-state index is 6.22. The second-order valence-corrected chi connectivity index (χ2v) is 5.91. The maximum atomic E-state index is 6.22. The van der Waals surface area contributed by atoms with Gasteiger partial charge in [0.1, 0.15) is 0 Å². The zero-order valence-corrected chi connectivity index (χ0v) is 11.8. The molecule has 1 aromatic heterocycles. The van der Waals surface area contributed by atoms with E-state index in [-0.39, 0.29) is 6.04 Å². The van der Waals surface area contributed by atoms with Crippen LogP contribution >= 0.6 is 22.9 Å². The van der Waals surface area contributed by atoms with Gasteiger partial charge in [0.15, 0.2) is 0 Å². The Morgan fingerprint density at radius 2 is 1.89 bits per heavy atom. The molecule has 3 aromatic rings. The highest BCUT2D eigenvalue weighted by molar-refractivity contribution is 7.19. The van der Waals surface area contributed by atoms with E-state index in [1.165, 1.54) is 0 Å². The Hall–Kier alpha value is -1.42. The Labute approximate surface area is 120 Å². The maximum Gasteiger partial charge on any atom is 0.0958 e. The van der Waals surface area contributed by atoms with Gasteiger partial charge in [0.25, 0.3) is 0 Å². The van der Waals surface area contributed by atoms with Crippen LogP contribution in [0.3, 0.4) is 0 Å². The zero-order chi connectivity index (χ0) is 13.2. The summed E-state index contributed by atoms with van der Waals surface area (Å²) in [6, 6.07) is 15.9. The van der Waals surface area contributed by atoms with Crippen LogP contribution in [0.1, 0.15) is 16.6 Å². The fraction of sp³-hybridized carbons (Fsp3) is 0.133. The summed E-state index contributed by atoms with van der Waals surface area (Å²) in [7, 11) is 0. The SMILES string of the molecule is NC(Cc1nc2cccc(Cl)c2s1)c1ccccc1. The normalized spacial score (nSPS) is 12.7. The molecule has 0 aliphatic rings. The highest BCUT2D eigenvalue weighted by atomic mass is 35.5. The number of halogens is 1. The lowest BCUT2D eigenvalue weighted by atomic mass is 10.1. The second kappa shape index (κ2) is 5.29. The van der Waals surface area contributed by atoms with E-state index in [4.69, 9.17) is 17.3 Å². The van der Waals surface area contributed by atoms with E-state index in [0.29, 0.717) is 0 Å². The molecular weight excluding hydrogens is 276 g/mol. The van der Waals surface area contributed by atoms with Crippen molar-refractivity contribution in [3.63, 3.8) is 0 Å². The van der Waals surface area contributed by atoms with Gasteiger partial charge in [-0.25, -0.2) is 4.98 Å². The molecule has 96 valence electrons. The molecule has 2 nitrogen and oxygen atoms in total. The monoisotopic (exact) mass is 288 g/mol. The summed E-state index contributed by atoms with van der Waals surface area (Å²) in [6.07, 6.45) is 0.736. The molecule has 0 aliphatic carbocycles. The van der Waals surface area contributed by atoms with Gasteiger partial charge in [-0.1, -0.05) is 48.0 Å². The molecule has 0 radical (unpaired) electrons. The minimum Gasteiger partial charge on any atom is -0.324 e. The number of hydrogen-bond donors (Lipinski definition) is 1. The largest absolute Gasteiger partial charge is 0.324 e. The second-order valence-electron chi connectivity index (χ2n) is 4.42. The predicted molar refractivity (Wildman–Crippen MR) is 81.7 cm³/mol. The fourth-order valence-corrected chi connectivity index (χ4v) is 3.37. The van der Waals surface area contributed by atoms with E-state index in [1.807, 2.05) is 48.5 Å². The highest BCUT2D eigenvalue weighted by Gasteiger charge is 2.11. The first kappa shape index (κ1) is 12.6. The smallest absolute Gasteiger partial charge is 0.0958 e. The summed E-state index contributed by atoms with van der Waals surface area (Å²) < 4.78 is 1.04. The van der Waals surface area contributed by atoms with Crippen LogP contribution < -0.4 is 5.73 Å². The number of nitrogens with zero attached hydrogens (tertiary/aromatic N) is 1. The van der Waals surface area contributed by atoms with Crippen molar-refractivity contribution in [1.82, 2.24) is 4.98 Å². The third-order valence-electron chi connectivity index (χ3n) is 3.03. The molecule has 19 heavy (non-hydrogen) atoms. The Balaban J connectivity index is 1.88. The van der Waals surface area contributed by atoms with Gasteiger partial charge in [-0.15, -0.1) is 11.3 Å². The van der Waals surface area contributed by atoms with Crippen molar-refractivity contribution in [2.24, 2.45) is 5.73 Å². The number of benzene rings is 2. The lowest BCUT2D eigenvalue weighted by molar-refractivity contribution is 0.719. The van der Waals surface area contributed by atoms with Crippen molar-refractivity contribution in [3.05, 3.63) is 64.1 Å². The summed E-state index contributed by atoms with van der Waals surface area (Å²) in [5.41, 5.74) is 8.30. The molecule has 0 aliphatic heterocycles. The van der Waals surface area contributed by atoms with Gasteiger partial charge in [-0.3, -0.25) is 0 Å². The topological polar surface area (TPSA) is 38.9 Å². The summed E-state index contributed by atoms with van der Waals surface area (Å²) >= 11 is 7.79. The van der Waals surface area contributed by atoms with Crippen LogP contribution in [0.15, 0.2) is 48.5 Å². The van der Waals surface area contributed by atoms with Gasteiger partial charge in [-0.05, 0) is 17.7 Å². The number of aromatic nitrogens is 1. The third-order valence-corrected chi connectivity index (χ3v) is 4.59. The van der Waals surface area contributed by atoms with E-state index >= 15 is 0 Å². The van der Waals surface area contributed by atoms with E-state index in [2.05, 4.69) is 4.98 Å². The molecule has 1 heterocycles. The van der Waals surface area contributed by atoms with Crippen LogP contribution in [-0.2, 0) is 6.42 Å². The zero-order valence-electron chi connectivity index (χ0n) is 10.2. The summed E-state index contributed by atoms with van der Waals surface area (Å²) in [5, 5.41) is 1.79. The molecule has 0 saturated carbocycles. The molecule has 1 atom stereocenters. The van der Waals surface area contributed by atoms with Crippen LogP contribution in [0.25, 0.3) is 10.2 Å². The number of fused-ring (bicyclic) bond motifs is 1. The van der Waals surface area contributed by atoms with Crippen LogP contribution in [0.2, 0.25) is 5.02 Å². The van der Waals surface area contributed by atoms with Crippen LogP contribution in [0.4, 0.5) is 0 Å². The van der Waals surface area contributed by atoms with Gasteiger partial charge in [0.2, 0.25) is 0 Å². The Bertz CT molecular complexity index is 694. The average Bonchev–Trinajstić information content (AvgIpc) is 2.84. The van der Waals surface area contributed by atoms with Crippen molar-refractivity contribution < 1.29 is 0 Å². The molecule has 3 rings (SSSR count). The van der Waals surface area contributed by atoms with Gasteiger partial charge in [-0.2, -0.15) is 0 Å². The quantitative estimate of drug-likeness (QED) is 0.785. The van der Waals surface area contributed by atoms with Crippen molar-refractivity contribution in [2.45, 2.75) is 12.5 Å². The molecule has 0 amide bonds. The summed E-state index contributed by atoms with van der Waals surface area (Å²) in [4.78, 5) is 4.59. The highest BCUT2D eigenvalue weighted by Crippen LogP contribution is 2.30. The molecule has 2 aromatic carbocycles. The molecule has 4 heteroatoms. The number of thiazole rings is 1. The lowest BCUT2D eigenvalue weighted by Crippen LogP contribution is -2.12. The lowest BCUT2D eigenvalue weighted by Gasteiger charge is -2.09. The van der Waals surface area contributed by atoms with Crippen molar-refractivity contribution in [3.8, 4) is 0 Å². The predicted octanol–water partition coefficient (Wildman–Crippen LogP) is 4.19. The van der Waals surface area contributed by atoms with E-state index in [0.717, 1.165) is 32.2 Å². The van der Waals surface area contributed by atoms with Gasteiger partial charge in [0.05, 0.1) is 20.2 Å². The minimum absolute atomic E-state index is 0.0273. The van der Waals surface area contributed by atoms with Crippen LogP contribution in [0, 0.1) is 0 Å². The third kappa shape index (κ3) is 2.63. The molecule has 0 bridgehead atoms. The number of hydrogen-bond acceptors (Lipinski definition) is 3.